The third-order valence-corrected chi connectivity index (χ3v) is 6.27. The molecule has 1 unspecified atom stereocenters. The first kappa shape index (κ1) is 20.1. The zero-order chi connectivity index (χ0) is 20.6. The molecule has 4 rings (SSSR count). The number of nitrogens with zero attached hydrogens (tertiary/aromatic N) is 5. The molecule has 1 aromatic carbocycles. The summed E-state index contributed by atoms with van der Waals surface area (Å²) in [6.07, 6.45) is 0.384. The number of hydrogen-bond donors (Lipinski definition) is 0. The minimum absolute atomic E-state index is 0.142. The van der Waals surface area contributed by atoms with Crippen LogP contribution in [-0.4, -0.2) is 42.3 Å². The van der Waals surface area contributed by atoms with Gasteiger partial charge in [0.1, 0.15) is 17.0 Å². The van der Waals surface area contributed by atoms with E-state index in [1.807, 2.05) is 0 Å². The molecule has 1 atom stereocenters. The van der Waals surface area contributed by atoms with Crippen LogP contribution in [0.1, 0.15) is 37.4 Å². The van der Waals surface area contributed by atoms with Crippen LogP contribution in [0, 0.1) is 11.6 Å². The molecule has 0 spiro atoms. The Morgan fingerprint density at radius 2 is 2.03 bits per heavy atom. The van der Waals surface area contributed by atoms with Crippen molar-refractivity contribution in [3.8, 4) is 0 Å². The summed E-state index contributed by atoms with van der Waals surface area (Å²) in [6.45, 7) is 4.05. The van der Waals surface area contributed by atoms with Crippen molar-refractivity contribution >= 4 is 17.5 Å². The third kappa shape index (κ3) is 4.37. The second kappa shape index (κ2) is 7.91. The van der Waals surface area contributed by atoms with E-state index < -0.39 is 18.1 Å². The van der Waals surface area contributed by atoms with Crippen molar-refractivity contribution in [3.63, 3.8) is 0 Å². The van der Waals surface area contributed by atoms with E-state index in [2.05, 4.69) is 26.9 Å². The number of alkyl halides is 2. The Morgan fingerprint density at radius 3 is 2.79 bits per heavy atom. The van der Waals surface area contributed by atoms with Crippen molar-refractivity contribution < 1.29 is 17.6 Å². The Kier molecular flexibility index (Phi) is 5.48. The Morgan fingerprint density at radius 1 is 1.21 bits per heavy atom. The van der Waals surface area contributed by atoms with Crippen molar-refractivity contribution in [2.24, 2.45) is 0 Å². The smallest absolute Gasteiger partial charge is 0.280 e. The van der Waals surface area contributed by atoms with Gasteiger partial charge in [-0.1, -0.05) is 17.8 Å². The largest absolute Gasteiger partial charge is 0.298 e. The van der Waals surface area contributed by atoms with Gasteiger partial charge < -0.3 is 0 Å². The maximum atomic E-state index is 13.5. The van der Waals surface area contributed by atoms with Crippen LogP contribution >= 0.6 is 11.8 Å². The van der Waals surface area contributed by atoms with Crippen molar-refractivity contribution in [1.82, 2.24) is 24.5 Å². The lowest BCUT2D eigenvalue weighted by molar-refractivity contribution is 0.145. The lowest BCUT2D eigenvalue weighted by atomic mass is 9.98. The SMILES string of the molecule is CC1(Sc2cc(C(F)F)nc3ncnn23)CCCN(Cc2ccc(F)c(F)c2)C1. The predicted octanol–water partition coefficient (Wildman–Crippen LogP) is 4.49. The van der Waals surface area contributed by atoms with Crippen molar-refractivity contribution in [2.45, 2.75) is 42.5 Å². The van der Waals surface area contributed by atoms with E-state index in [4.69, 9.17) is 0 Å². The summed E-state index contributed by atoms with van der Waals surface area (Å²) in [5.41, 5.74) is 0.367. The van der Waals surface area contributed by atoms with Gasteiger partial charge in [-0.2, -0.15) is 14.6 Å². The third-order valence-electron chi connectivity index (χ3n) is 4.94. The number of piperidine rings is 1. The zero-order valence-electron chi connectivity index (χ0n) is 15.7. The van der Waals surface area contributed by atoms with E-state index in [1.54, 1.807) is 6.07 Å². The monoisotopic (exact) mass is 425 g/mol. The summed E-state index contributed by atoms with van der Waals surface area (Å²) >= 11 is 1.46. The summed E-state index contributed by atoms with van der Waals surface area (Å²) in [5.74, 6) is -1.58. The van der Waals surface area contributed by atoms with Gasteiger partial charge in [-0.25, -0.2) is 22.5 Å². The zero-order valence-corrected chi connectivity index (χ0v) is 16.5. The fraction of sp³-hybridized carbons (Fsp3) is 0.421. The molecule has 0 aliphatic carbocycles. The van der Waals surface area contributed by atoms with Crippen LogP contribution in [0.5, 0.6) is 0 Å². The highest BCUT2D eigenvalue weighted by Gasteiger charge is 2.33. The average Bonchev–Trinajstić information content (AvgIpc) is 3.13. The summed E-state index contributed by atoms with van der Waals surface area (Å²) < 4.78 is 54.3. The van der Waals surface area contributed by atoms with Gasteiger partial charge in [0.15, 0.2) is 11.6 Å². The van der Waals surface area contributed by atoms with E-state index in [0.29, 0.717) is 23.7 Å². The Hall–Kier alpha value is -2.20. The van der Waals surface area contributed by atoms with Crippen LogP contribution in [-0.2, 0) is 6.54 Å². The van der Waals surface area contributed by atoms with Crippen LogP contribution in [0.15, 0.2) is 35.6 Å². The van der Waals surface area contributed by atoms with Crippen LogP contribution in [0.2, 0.25) is 0 Å². The highest BCUT2D eigenvalue weighted by atomic mass is 32.2. The van der Waals surface area contributed by atoms with Crippen molar-refractivity contribution in [2.75, 3.05) is 13.1 Å². The number of aromatic nitrogens is 4. The van der Waals surface area contributed by atoms with Gasteiger partial charge >= 0.3 is 0 Å². The number of fused-ring (bicyclic) bond motifs is 1. The van der Waals surface area contributed by atoms with Crippen molar-refractivity contribution in [3.05, 3.63) is 53.5 Å². The lowest BCUT2D eigenvalue weighted by Crippen LogP contribution is -2.43. The summed E-state index contributed by atoms with van der Waals surface area (Å²) in [5, 5.41) is 4.66. The molecule has 1 fully saturated rings. The van der Waals surface area contributed by atoms with Crippen molar-refractivity contribution in [1.29, 1.82) is 0 Å². The minimum atomic E-state index is -2.69. The standard InChI is InChI=1S/C19H19F4N5S/c1-19(29-16-8-15(17(22)23)26-18-24-11-25-28(16)18)5-2-6-27(10-19)9-12-3-4-13(20)14(21)7-12/h3-4,7-8,11,17H,2,5-6,9-10H2,1H3. The Labute approximate surface area is 169 Å². The summed E-state index contributed by atoms with van der Waals surface area (Å²) in [7, 11) is 0. The normalized spacial score (nSPS) is 20.6. The van der Waals surface area contributed by atoms with Gasteiger partial charge in [-0.05, 0) is 50.1 Å². The first-order chi connectivity index (χ1) is 13.8. The average molecular weight is 425 g/mol. The number of benzene rings is 1. The number of likely N-dealkylation sites (tertiary alicyclic amines) is 1. The number of thioether (sulfide) groups is 1. The minimum Gasteiger partial charge on any atom is -0.298 e. The molecule has 0 bridgehead atoms. The Balaban J connectivity index is 1.54. The summed E-state index contributed by atoms with van der Waals surface area (Å²) in [6, 6.07) is 5.28. The molecule has 1 aliphatic rings. The quantitative estimate of drug-likeness (QED) is 0.445. The second-order valence-electron chi connectivity index (χ2n) is 7.41. The van der Waals surface area contributed by atoms with Gasteiger partial charge in [-0.3, -0.25) is 4.90 Å². The van der Waals surface area contributed by atoms with Crippen LogP contribution < -0.4 is 0 Å². The fourth-order valence-corrected chi connectivity index (χ4v) is 5.05. The maximum Gasteiger partial charge on any atom is 0.280 e. The molecule has 0 N–H and O–H groups in total. The van der Waals surface area contributed by atoms with Crippen LogP contribution in [0.3, 0.4) is 0 Å². The first-order valence-corrected chi connectivity index (χ1v) is 9.99. The molecule has 3 heterocycles. The number of hydrogen-bond acceptors (Lipinski definition) is 5. The van der Waals surface area contributed by atoms with Gasteiger partial charge in [0.25, 0.3) is 12.2 Å². The Bertz CT molecular complexity index is 1030. The molecule has 29 heavy (non-hydrogen) atoms. The number of rotatable bonds is 5. The van der Waals surface area contributed by atoms with Gasteiger partial charge in [0.2, 0.25) is 0 Å². The van der Waals surface area contributed by atoms with E-state index in [-0.39, 0.29) is 16.2 Å². The molecule has 5 nitrogen and oxygen atoms in total. The highest BCUT2D eigenvalue weighted by Crippen LogP contribution is 2.40. The molecule has 154 valence electrons. The van der Waals surface area contributed by atoms with Gasteiger partial charge in [0.05, 0.1) is 0 Å². The molecular weight excluding hydrogens is 406 g/mol. The fourth-order valence-electron chi connectivity index (χ4n) is 3.66. The molecule has 0 radical (unpaired) electrons. The summed E-state index contributed by atoms with van der Waals surface area (Å²) in [4.78, 5) is 9.95. The van der Waals surface area contributed by atoms with Gasteiger partial charge in [-0.15, -0.1) is 0 Å². The lowest BCUT2D eigenvalue weighted by Gasteiger charge is -2.40. The molecular formula is C19H19F4N5S. The predicted molar refractivity (Wildman–Crippen MR) is 101 cm³/mol. The molecule has 10 heteroatoms. The van der Waals surface area contributed by atoms with Crippen LogP contribution in [0.4, 0.5) is 17.6 Å². The van der Waals surface area contributed by atoms with E-state index >= 15 is 0 Å². The molecule has 1 aliphatic heterocycles. The van der Waals surface area contributed by atoms with E-state index in [1.165, 1.54) is 34.7 Å². The molecule has 3 aromatic rings. The van der Waals surface area contributed by atoms with Gasteiger partial charge in [0, 0.05) is 17.8 Å². The van der Waals surface area contributed by atoms with E-state index in [9.17, 15) is 17.6 Å². The molecule has 0 saturated carbocycles. The first-order valence-electron chi connectivity index (χ1n) is 9.17. The molecule has 1 saturated heterocycles. The second-order valence-corrected chi connectivity index (χ2v) is 9.01. The topological polar surface area (TPSA) is 46.3 Å². The highest BCUT2D eigenvalue weighted by molar-refractivity contribution is 8.00. The number of halogens is 4. The maximum absolute atomic E-state index is 13.5. The molecule has 2 aromatic heterocycles. The van der Waals surface area contributed by atoms with Crippen LogP contribution in [0.25, 0.3) is 5.78 Å². The van der Waals surface area contributed by atoms with E-state index in [0.717, 1.165) is 25.5 Å². The molecule has 0 amide bonds.